The van der Waals surface area contributed by atoms with E-state index in [0.717, 1.165) is 0 Å². The molecule has 68 valence electrons. The molecule has 0 aliphatic heterocycles. The van der Waals surface area contributed by atoms with Crippen LogP contribution in [0.25, 0.3) is 0 Å². The summed E-state index contributed by atoms with van der Waals surface area (Å²) in [6, 6.07) is 2.75. The summed E-state index contributed by atoms with van der Waals surface area (Å²) in [7, 11) is -0.308. The van der Waals surface area contributed by atoms with Crippen LogP contribution in [-0.4, -0.2) is 35.5 Å². The van der Waals surface area contributed by atoms with Crippen LogP contribution in [0.5, 0.6) is 5.88 Å². The van der Waals surface area contributed by atoms with Gasteiger partial charge in [0.05, 0.1) is 18.3 Å². The molecule has 0 aliphatic rings. The number of rotatable bonds is 3. The summed E-state index contributed by atoms with van der Waals surface area (Å²) < 4.78 is 4.76. The molecule has 0 atom stereocenters. The Morgan fingerprint density at radius 2 is 2.23 bits per heavy atom. The zero-order valence-corrected chi connectivity index (χ0v) is 6.97. The van der Waals surface area contributed by atoms with Crippen LogP contribution in [-0.2, 0) is 0 Å². The standard InChI is InChI=1S/C7H8BNO4/c1-13-7-5(4-10)2-3-6(9-7)8(11)12/h2-4,11-12H,1H3. The van der Waals surface area contributed by atoms with Crippen molar-refractivity contribution in [3.05, 3.63) is 17.7 Å². The predicted molar refractivity (Wildman–Crippen MR) is 46.0 cm³/mol. The molecule has 1 rings (SSSR count). The molecule has 0 unspecified atom stereocenters. The van der Waals surface area contributed by atoms with E-state index in [4.69, 9.17) is 14.8 Å². The summed E-state index contributed by atoms with van der Waals surface area (Å²) in [5.41, 5.74) is 0.314. The van der Waals surface area contributed by atoms with Crippen molar-refractivity contribution < 1.29 is 19.6 Å². The molecule has 0 saturated heterocycles. The molecule has 1 heterocycles. The smallest absolute Gasteiger partial charge is 0.480 e. The quantitative estimate of drug-likeness (QED) is 0.442. The topological polar surface area (TPSA) is 79.7 Å². The van der Waals surface area contributed by atoms with Crippen LogP contribution < -0.4 is 10.3 Å². The Hall–Kier alpha value is -1.40. The number of hydrogen-bond donors (Lipinski definition) is 2. The van der Waals surface area contributed by atoms with Gasteiger partial charge in [0.2, 0.25) is 5.88 Å². The molecule has 2 N–H and O–H groups in total. The Morgan fingerprint density at radius 1 is 1.54 bits per heavy atom. The number of ether oxygens (including phenoxy) is 1. The maximum absolute atomic E-state index is 10.4. The Labute approximate surface area is 75.1 Å². The lowest BCUT2D eigenvalue weighted by atomic mass is 9.85. The Morgan fingerprint density at radius 3 is 2.69 bits per heavy atom. The average molecular weight is 181 g/mol. The molecule has 0 bridgehead atoms. The van der Waals surface area contributed by atoms with Gasteiger partial charge in [-0.15, -0.1) is 0 Å². The SMILES string of the molecule is COc1nc(B(O)O)ccc1C=O. The second-order valence-electron chi connectivity index (χ2n) is 2.33. The minimum absolute atomic E-state index is 0.0439. The number of methoxy groups -OCH3 is 1. The van der Waals surface area contributed by atoms with E-state index in [9.17, 15) is 4.79 Å². The van der Waals surface area contributed by atoms with Crippen LogP contribution in [0.15, 0.2) is 12.1 Å². The van der Waals surface area contributed by atoms with E-state index in [-0.39, 0.29) is 17.0 Å². The molecule has 0 fully saturated rings. The zero-order valence-electron chi connectivity index (χ0n) is 6.97. The van der Waals surface area contributed by atoms with Crippen molar-refractivity contribution >= 4 is 19.0 Å². The molecule has 0 aliphatic carbocycles. The van der Waals surface area contributed by atoms with Crippen molar-refractivity contribution in [2.45, 2.75) is 0 Å². The third-order valence-electron chi connectivity index (χ3n) is 1.50. The van der Waals surface area contributed by atoms with E-state index in [2.05, 4.69) is 4.98 Å². The number of aldehydes is 1. The molecule has 6 heteroatoms. The van der Waals surface area contributed by atoms with Crippen molar-refractivity contribution in [1.29, 1.82) is 0 Å². The van der Waals surface area contributed by atoms with E-state index in [1.807, 2.05) is 0 Å². The minimum Gasteiger partial charge on any atom is -0.480 e. The van der Waals surface area contributed by atoms with Crippen LogP contribution >= 0.6 is 0 Å². The monoisotopic (exact) mass is 181 g/mol. The van der Waals surface area contributed by atoms with Gasteiger partial charge in [0.25, 0.3) is 0 Å². The highest BCUT2D eigenvalue weighted by atomic mass is 16.5. The normalized spacial score (nSPS) is 9.46. The fourth-order valence-corrected chi connectivity index (χ4v) is 0.863. The number of pyridine rings is 1. The third-order valence-corrected chi connectivity index (χ3v) is 1.50. The summed E-state index contributed by atoms with van der Waals surface area (Å²) in [5, 5.41) is 17.5. The zero-order chi connectivity index (χ0) is 9.84. The molecule has 0 aromatic carbocycles. The van der Waals surface area contributed by atoms with Crippen molar-refractivity contribution in [1.82, 2.24) is 4.98 Å². The summed E-state index contributed by atoms with van der Waals surface area (Å²) in [6.07, 6.45) is 0.583. The lowest BCUT2D eigenvalue weighted by Crippen LogP contribution is -2.32. The number of carbonyl (C=O) groups excluding carboxylic acids is 1. The highest BCUT2D eigenvalue weighted by molar-refractivity contribution is 6.57. The van der Waals surface area contributed by atoms with Gasteiger partial charge in [-0.05, 0) is 12.1 Å². The summed E-state index contributed by atoms with van der Waals surface area (Å²) in [5.74, 6) is 0.0839. The number of nitrogens with zero attached hydrogens (tertiary/aromatic N) is 1. The van der Waals surface area contributed by atoms with E-state index in [0.29, 0.717) is 6.29 Å². The van der Waals surface area contributed by atoms with Gasteiger partial charge < -0.3 is 14.8 Å². The molecule has 1 aromatic heterocycles. The first kappa shape index (κ1) is 9.69. The van der Waals surface area contributed by atoms with E-state index < -0.39 is 7.12 Å². The molecule has 0 amide bonds. The highest BCUT2D eigenvalue weighted by Crippen LogP contribution is 2.09. The first-order chi connectivity index (χ1) is 6.19. The first-order valence-corrected chi connectivity index (χ1v) is 3.55. The van der Waals surface area contributed by atoms with Gasteiger partial charge in [-0.3, -0.25) is 4.79 Å². The molecule has 1 aromatic rings. The van der Waals surface area contributed by atoms with Gasteiger partial charge in [0.15, 0.2) is 6.29 Å². The lowest BCUT2D eigenvalue weighted by molar-refractivity contribution is 0.112. The molecular weight excluding hydrogens is 173 g/mol. The molecule has 0 radical (unpaired) electrons. The van der Waals surface area contributed by atoms with Crippen molar-refractivity contribution in [2.75, 3.05) is 7.11 Å². The van der Waals surface area contributed by atoms with Crippen LogP contribution in [0, 0.1) is 0 Å². The van der Waals surface area contributed by atoms with E-state index in [1.165, 1.54) is 19.2 Å². The van der Waals surface area contributed by atoms with Crippen LogP contribution in [0.3, 0.4) is 0 Å². The second kappa shape index (κ2) is 4.02. The van der Waals surface area contributed by atoms with Gasteiger partial charge in [0, 0.05) is 0 Å². The van der Waals surface area contributed by atoms with Crippen molar-refractivity contribution in [3.8, 4) is 5.88 Å². The van der Waals surface area contributed by atoms with Gasteiger partial charge in [-0.2, -0.15) is 0 Å². The molecule has 0 saturated carbocycles. The van der Waals surface area contributed by atoms with Gasteiger partial charge in [-0.25, -0.2) is 4.98 Å². The number of carbonyl (C=O) groups is 1. The summed E-state index contributed by atoms with van der Waals surface area (Å²) >= 11 is 0. The highest BCUT2D eigenvalue weighted by Gasteiger charge is 2.15. The van der Waals surface area contributed by atoms with Crippen molar-refractivity contribution in [2.24, 2.45) is 0 Å². The van der Waals surface area contributed by atoms with Crippen LogP contribution in [0.4, 0.5) is 0 Å². The maximum atomic E-state index is 10.4. The molecule has 13 heavy (non-hydrogen) atoms. The Bertz CT molecular complexity index is 315. The Balaban J connectivity index is 3.12. The van der Waals surface area contributed by atoms with Gasteiger partial charge in [0.1, 0.15) is 0 Å². The first-order valence-electron chi connectivity index (χ1n) is 3.55. The third kappa shape index (κ3) is 2.04. The lowest BCUT2D eigenvalue weighted by Gasteiger charge is -2.04. The summed E-state index contributed by atoms with van der Waals surface area (Å²) in [4.78, 5) is 14.1. The van der Waals surface area contributed by atoms with E-state index >= 15 is 0 Å². The van der Waals surface area contributed by atoms with Gasteiger partial charge >= 0.3 is 7.12 Å². The average Bonchev–Trinajstić information content (AvgIpc) is 2.16. The fraction of sp³-hybridized carbons (Fsp3) is 0.143. The number of aromatic nitrogens is 1. The van der Waals surface area contributed by atoms with E-state index in [1.54, 1.807) is 0 Å². The van der Waals surface area contributed by atoms with Gasteiger partial charge in [-0.1, -0.05) is 0 Å². The Kier molecular flexibility index (Phi) is 3.00. The summed E-state index contributed by atoms with van der Waals surface area (Å²) in [6.45, 7) is 0. The van der Waals surface area contributed by atoms with Crippen LogP contribution in [0.1, 0.15) is 10.4 Å². The minimum atomic E-state index is -1.66. The van der Waals surface area contributed by atoms with Crippen LogP contribution in [0.2, 0.25) is 0 Å². The fourth-order valence-electron chi connectivity index (χ4n) is 0.863. The largest absolute Gasteiger partial charge is 0.508 e. The second-order valence-corrected chi connectivity index (χ2v) is 2.33. The maximum Gasteiger partial charge on any atom is 0.508 e. The molecule has 0 spiro atoms. The van der Waals surface area contributed by atoms with Crippen molar-refractivity contribution in [3.63, 3.8) is 0 Å². The molecular formula is C7H8BNO4. The number of hydrogen-bond acceptors (Lipinski definition) is 5. The predicted octanol–water partition coefficient (Wildman–Crippen LogP) is -1.42. The molecule has 5 nitrogen and oxygen atoms in total.